The molecule has 0 saturated carbocycles. The summed E-state index contributed by atoms with van der Waals surface area (Å²) in [7, 11) is 0. The summed E-state index contributed by atoms with van der Waals surface area (Å²) in [5.74, 6) is 4.97. The summed E-state index contributed by atoms with van der Waals surface area (Å²) in [6.45, 7) is 6.13. The summed E-state index contributed by atoms with van der Waals surface area (Å²) in [4.78, 5) is 25.3. The molecule has 0 radical (unpaired) electrons. The van der Waals surface area contributed by atoms with Crippen LogP contribution in [0.3, 0.4) is 0 Å². The first kappa shape index (κ1) is 23.9. The molecule has 1 aromatic carbocycles. The molecule has 0 fully saturated rings. The van der Waals surface area contributed by atoms with Crippen LogP contribution in [-0.2, 0) is 22.6 Å². The number of nitrogens with zero attached hydrogens (tertiary/aromatic N) is 4. The zero-order valence-corrected chi connectivity index (χ0v) is 18.9. The van der Waals surface area contributed by atoms with E-state index in [0.29, 0.717) is 29.8 Å². The Balaban J connectivity index is 1.87. The SMILES string of the molecule is CC(C)(C)CC(=O)Nc1cnc(-c2cc(CC=CON)n(Cc3ccccc3F)n2)nc1N. The second-order valence-electron chi connectivity index (χ2n) is 8.76. The summed E-state index contributed by atoms with van der Waals surface area (Å²) >= 11 is 0. The van der Waals surface area contributed by atoms with E-state index >= 15 is 0 Å². The van der Waals surface area contributed by atoms with Crippen molar-refractivity contribution in [2.75, 3.05) is 11.1 Å². The number of benzene rings is 1. The van der Waals surface area contributed by atoms with Gasteiger partial charge in [-0.25, -0.2) is 14.4 Å². The fourth-order valence-corrected chi connectivity index (χ4v) is 3.17. The lowest BCUT2D eigenvalue weighted by Gasteiger charge is -2.17. The minimum absolute atomic E-state index is 0.129. The number of carbonyl (C=O) groups excluding carboxylic acids is 1. The molecule has 3 rings (SSSR count). The Morgan fingerprint density at radius 3 is 2.73 bits per heavy atom. The highest BCUT2D eigenvalue weighted by Gasteiger charge is 2.18. The van der Waals surface area contributed by atoms with Crippen LogP contribution in [0.1, 0.15) is 38.4 Å². The first-order valence-corrected chi connectivity index (χ1v) is 10.4. The summed E-state index contributed by atoms with van der Waals surface area (Å²) in [5, 5.41) is 7.30. The molecule has 0 saturated heterocycles. The van der Waals surface area contributed by atoms with Gasteiger partial charge in [0, 0.05) is 24.1 Å². The van der Waals surface area contributed by atoms with Crippen molar-refractivity contribution >= 4 is 17.4 Å². The van der Waals surface area contributed by atoms with Gasteiger partial charge >= 0.3 is 0 Å². The number of hydrogen-bond acceptors (Lipinski definition) is 7. The first-order valence-electron chi connectivity index (χ1n) is 10.4. The molecule has 5 N–H and O–H groups in total. The molecule has 33 heavy (non-hydrogen) atoms. The van der Waals surface area contributed by atoms with Crippen LogP contribution in [0.25, 0.3) is 11.5 Å². The molecule has 0 atom stereocenters. The molecule has 0 unspecified atom stereocenters. The summed E-state index contributed by atoms with van der Waals surface area (Å²) in [6, 6.07) is 8.28. The normalized spacial score (nSPS) is 11.7. The second-order valence-corrected chi connectivity index (χ2v) is 8.76. The molecular weight excluding hydrogens is 425 g/mol. The van der Waals surface area contributed by atoms with E-state index in [9.17, 15) is 9.18 Å². The smallest absolute Gasteiger partial charge is 0.225 e. The summed E-state index contributed by atoms with van der Waals surface area (Å²) in [5.41, 5.74) is 7.96. The summed E-state index contributed by atoms with van der Waals surface area (Å²) in [6.07, 6.45) is 5.29. The number of carbonyl (C=O) groups is 1. The molecule has 3 aromatic rings. The van der Waals surface area contributed by atoms with Crippen LogP contribution >= 0.6 is 0 Å². The molecule has 0 spiro atoms. The zero-order chi connectivity index (χ0) is 24.0. The molecule has 174 valence electrons. The lowest BCUT2D eigenvalue weighted by molar-refractivity contribution is -0.117. The van der Waals surface area contributed by atoms with E-state index in [1.807, 2.05) is 20.8 Å². The number of aromatic nitrogens is 4. The number of hydrogen-bond donors (Lipinski definition) is 3. The standard InChI is InChI=1S/C23H28FN7O2/c1-23(2,3)12-20(32)28-19-13-27-22(29-21(19)25)18-11-16(8-6-10-33-26)31(30-18)14-15-7-4-5-9-17(15)24/h4-7,9-11,13H,8,12,14,26H2,1-3H3,(H,28,32)(H2,25,27,29). The Morgan fingerprint density at radius 2 is 2.06 bits per heavy atom. The first-order chi connectivity index (χ1) is 15.7. The topological polar surface area (TPSA) is 134 Å². The van der Waals surface area contributed by atoms with Crippen LogP contribution in [0.4, 0.5) is 15.9 Å². The van der Waals surface area contributed by atoms with E-state index in [0.717, 1.165) is 5.69 Å². The van der Waals surface area contributed by atoms with E-state index in [4.69, 9.17) is 11.6 Å². The molecular formula is C23H28FN7O2. The Morgan fingerprint density at radius 1 is 1.30 bits per heavy atom. The van der Waals surface area contributed by atoms with Crippen LogP contribution in [-0.4, -0.2) is 25.7 Å². The van der Waals surface area contributed by atoms with Crippen molar-refractivity contribution < 1.29 is 14.0 Å². The predicted molar refractivity (Wildman–Crippen MR) is 124 cm³/mol. The van der Waals surface area contributed by atoms with E-state index < -0.39 is 0 Å². The average Bonchev–Trinajstić information content (AvgIpc) is 3.13. The number of nitrogen functional groups attached to an aromatic ring is 1. The third-order valence-corrected chi connectivity index (χ3v) is 4.66. The number of rotatable bonds is 8. The average molecular weight is 454 g/mol. The molecule has 0 aliphatic heterocycles. The van der Waals surface area contributed by atoms with Crippen LogP contribution in [0.5, 0.6) is 0 Å². The molecule has 2 aromatic heterocycles. The van der Waals surface area contributed by atoms with Crippen molar-refractivity contribution in [1.82, 2.24) is 19.7 Å². The van der Waals surface area contributed by atoms with Crippen molar-refractivity contribution in [1.29, 1.82) is 0 Å². The number of allylic oxidation sites excluding steroid dienone is 1. The van der Waals surface area contributed by atoms with E-state index in [1.165, 1.54) is 18.5 Å². The number of halogens is 1. The predicted octanol–water partition coefficient (Wildman–Crippen LogP) is 3.43. The number of nitrogens with one attached hydrogen (secondary N) is 1. The molecule has 9 nitrogen and oxygen atoms in total. The van der Waals surface area contributed by atoms with Crippen LogP contribution < -0.4 is 16.9 Å². The van der Waals surface area contributed by atoms with Gasteiger partial charge in [0.05, 0.1) is 12.7 Å². The number of anilines is 2. The third kappa shape index (κ3) is 6.59. The van der Waals surface area contributed by atoms with E-state index in [1.54, 1.807) is 35.0 Å². The van der Waals surface area contributed by atoms with Crippen molar-refractivity contribution in [3.63, 3.8) is 0 Å². The lowest BCUT2D eigenvalue weighted by atomic mass is 9.92. The van der Waals surface area contributed by atoms with Gasteiger partial charge in [-0.3, -0.25) is 9.48 Å². The highest BCUT2D eigenvalue weighted by Crippen LogP contribution is 2.24. The van der Waals surface area contributed by atoms with Gasteiger partial charge in [-0.2, -0.15) is 11.0 Å². The third-order valence-electron chi connectivity index (χ3n) is 4.66. The largest absolute Gasteiger partial charge is 0.420 e. The minimum atomic E-state index is -0.322. The van der Waals surface area contributed by atoms with E-state index in [-0.39, 0.29) is 35.3 Å². The Bertz CT molecular complexity index is 1150. The maximum atomic E-state index is 14.2. The molecule has 1 amide bonds. The van der Waals surface area contributed by atoms with E-state index in [2.05, 4.69) is 25.2 Å². The van der Waals surface area contributed by atoms with Crippen LogP contribution in [0.15, 0.2) is 48.9 Å². The molecule has 2 heterocycles. The van der Waals surface area contributed by atoms with Crippen molar-refractivity contribution in [3.05, 3.63) is 65.9 Å². The lowest BCUT2D eigenvalue weighted by Crippen LogP contribution is -2.20. The van der Waals surface area contributed by atoms with Gasteiger partial charge in [0.1, 0.15) is 23.5 Å². The number of nitrogens with two attached hydrogens (primary N) is 2. The fraction of sp³-hybridized carbons (Fsp3) is 0.304. The number of amides is 1. The fourth-order valence-electron chi connectivity index (χ4n) is 3.17. The van der Waals surface area contributed by atoms with Crippen LogP contribution in [0, 0.1) is 11.2 Å². The van der Waals surface area contributed by atoms with Crippen molar-refractivity contribution in [2.24, 2.45) is 11.3 Å². The maximum Gasteiger partial charge on any atom is 0.225 e. The minimum Gasteiger partial charge on any atom is -0.420 e. The monoisotopic (exact) mass is 453 g/mol. The van der Waals surface area contributed by atoms with Gasteiger partial charge in [-0.05, 0) is 23.6 Å². The highest BCUT2D eigenvalue weighted by molar-refractivity contribution is 5.93. The second kappa shape index (κ2) is 10.2. The van der Waals surface area contributed by atoms with Gasteiger partial charge < -0.3 is 15.9 Å². The zero-order valence-electron chi connectivity index (χ0n) is 18.9. The van der Waals surface area contributed by atoms with Gasteiger partial charge in [-0.1, -0.05) is 39.0 Å². The van der Waals surface area contributed by atoms with Gasteiger partial charge in [0.2, 0.25) is 5.91 Å². The quantitative estimate of drug-likeness (QED) is 0.351. The van der Waals surface area contributed by atoms with Crippen molar-refractivity contribution in [3.8, 4) is 11.5 Å². The Labute approximate surface area is 191 Å². The Hall–Kier alpha value is -3.79. The van der Waals surface area contributed by atoms with Gasteiger partial charge in [0.25, 0.3) is 0 Å². The van der Waals surface area contributed by atoms with Gasteiger partial charge in [-0.15, -0.1) is 0 Å². The molecule has 0 bridgehead atoms. The molecule has 10 heteroatoms. The molecule has 0 aliphatic rings. The Kier molecular flexibility index (Phi) is 7.39. The molecule has 0 aliphatic carbocycles. The maximum absolute atomic E-state index is 14.2. The van der Waals surface area contributed by atoms with Crippen molar-refractivity contribution in [2.45, 2.75) is 40.2 Å². The van der Waals surface area contributed by atoms with Gasteiger partial charge in [0.15, 0.2) is 11.6 Å². The van der Waals surface area contributed by atoms with Crippen LogP contribution in [0.2, 0.25) is 0 Å². The highest BCUT2D eigenvalue weighted by atomic mass is 19.1. The summed E-state index contributed by atoms with van der Waals surface area (Å²) < 4.78 is 15.8.